The number of alkyl halides is 3. The van der Waals surface area contributed by atoms with Gasteiger partial charge in [-0.25, -0.2) is 14.7 Å². The van der Waals surface area contributed by atoms with E-state index in [0.717, 1.165) is 17.0 Å². The fraction of sp³-hybridized carbons (Fsp3) is 0.256. The molecule has 14 nitrogen and oxygen atoms in total. The Morgan fingerprint density at radius 3 is 2.21 bits per heavy atom. The summed E-state index contributed by atoms with van der Waals surface area (Å²) >= 11 is 12.6. The van der Waals surface area contributed by atoms with Crippen molar-refractivity contribution in [2.45, 2.75) is 24.4 Å². The number of anilines is 2. The Labute approximate surface area is 359 Å². The Balaban J connectivity index is 1.30. The number of benzene rings is 3. The number of hydrazine groups is 1. The average molecular weight is 894 g/mol. The lowest BCUT2D eigenvalue weighted by Gasteiger charge is -2.49. The zero-order valence-corrected chi connectivity index (χ0v) is 33.8. The normalized spacial score (nSPS) is 24.5. The van der Waals surface area contributed by atoms with Gasteiger partial charge in [-0.2, -0.15) is 18.2 Å². The monoisotopic (exact) mass is 892 g/mol. The van der Waals surface area contributed by atoms with Crippen LogP contribution < -0.4 is 19.8 Å². The fourth-order valence-corrected chi connectivity index (χ4v) is 9.68. The van der Waals surface area contributed by atoms with Crippen LogP contribution in [0, 0.1) is 29.6 Å². The van der Waals surface area contributed by atoms with Crippen LogP contribution in [-0.4, -0.2) is 69.1 Å². The quantitative estimate of drug-likeness (QED) is 0.0971. The second-order valence-electron chi connectivity index (χ2n) is 15.1. The van der Waals surface area contributed by atoms with E-state index in [-0.39, 0.29) is 35.8 Å². The van der Waals surface area contributed by atoms with Gasteiger partial charge < -0.3 is 24.8 Å². The van der Waals surface area contributed by atoms with Crippen LogP contribution >= 0.6 is 23.2 Å². The molecule has 3 fully saturated rings. The molecule has 8 rings (SSSR count). The van der Waals surface area contributed by atoms with Crippen molar-refractivity contribution < 1.29 is 61.9 Å². The van der Waals surface area contributed by atoms with Crippen molar-refractivity contribution in [3.63, 3.8) is 0 Å². The molecule has 1 aromatic heterocycles. The van der Waals surface area contributed by atoms with Crippen LogP contribution in [0.1, 0.15) is 39.9 Å². The van der Waals surface area contributed by atoms with Crippen molar-refractivity contribution in [1.29, 1.82) is 0 Å². The highest BCUT2D eigenvalue weighted by atomic mass is 35.5. The minimum absolute atomic E-state index is 0.0124. The topological polar surface area (TPSA) is 196 Å². The summed E-state index contributed by atoms with van der Waals surface area (Å²) in [5.74, 6) is -11.0. The lowest BCUT2D eigenvalue weighted by Crippen LogP contribution is -2.54. The Bertz CT molecular complexity index is 2630. The lowest BCUT2D eigenvalue weighted by molar-refractivity contribution is -0.139. The SMILES string of the molecule is COc1cc(C=CC2C3=CCC4C(=O)N(c5ccc(C(=O)O)c(O)c5)C(=O)C4C3CC3C(=O)N(Nc4ncc(C(F)(F)F)cc4Cl)C(=O)C23c2ccc(Cl)cc2)cc(OC)c1O. The molecule has 2 aliphatic carbocycles. The first-order chi connectivity index (χ1) is 29.4. The molecule has 1 saturated carbocycles. The molecular weight excluding hydrogens is 860 g/mol. The fourth-order valence-electron chi connectivity index (χ4n) is 9.34. The highest BCUT2D eigenvalue weighted by Gasteiger charge is 2.69. The number of rotatable bonds is 9. The van der Waals surface area contributed by atoms with Gasteiger partial charge in [-0.3, -0.25) is 24.6 Å². The molecule has 6 atom stereocenters. The second kappa shape index (κ2) is 15.4. The molecule has 2 saturated heterocycles. The third-order valence-electron chi connectivity index (χ3n) is 12.1. The summed E-state index contributed by atoms with van der Waals surface area (Å²) in [6.07, 6.45) is 0.565. The predicted octanol–water partition coefficient (Wildman–Crippen LogP) is 7.27. The number of carboxylic acids is 1. The molecule has 2 aliphatic heterocycles. The molecular formula is C43H33Cl2F3N4O10. The van der Waals surface area contributed by atoms with Crippen molar-refractivity contribution in [2.75, 3.05) is 24.5 Å². The van der Waals surface area contributed by atoms with Crippen molar-refractivity contribution in [1.82, 2.24) is 9.99 Å². The number of hydrogen-bond acceptors (Lipinski definition) is 11. The minimum Gasteiger partial charge on any atom is -0.507 e. The van der Waals surface area contributed by atoms with E-state index in [9.17, 15) is 47.7 Å². The van der Waals surface area contributed by atoms with E-state index < -0.39 is 98.5 Å². The van der Waals surface area contributed by atoms with Gasteiger partial charge in [0.1, 0.15) is 11.3 Å². The number of methoxy groups -OCH3 is 2. The molecule has 0 radical (unpaired) electrons. The van der Waals surface area contributed by atoms with E-state index >= 15 is 4.79 Å². The molecule has 62 heavy (non-hydrogen) atoms. The minimum atomic E-state index is -4.80. The van der Waals surface area contributed by atoms with Crippen LogP contribution in [0.5, 0.6) is 23.0 Å². The summed E-state index contributed by atoms with van der Waals surface area (Å²) < 4.78 is 51.3. The van der Waals surface area contributed by atoms with E-state index in [1.807, 2.05) is 0 Å². The van der Waals surface area contributed by atoms with Gasteiger partial charge in [-0.15, -0.1) is 0 Å². The lowest BCUT2D eigenvalue weighted by atomic mass is 9.50. The summed E-state index contributed by atoms with van der Waals surface area (Å²) in [5.41, 5.74) is 0.316. The third kappa shape index (κ3) is 6.57. The van der Waals surface area contributed by atoms with Crippen molar-refractivity contribution >= 4 is 70.4 Å². The zero-order chi connectivity index (χ0) is 44.6. The Hall–Kier alpha value is -6.59. The molecule has 4 aliphatic rings. The van der Waals surface area contributed by atoms with Crippen molar-refractivity contribution in [2.24, 2.45) is 29.6 Å². The van der Waals surface area contributed by atoms with Gasteiger partial charge >= 0.3 is 12.1 Å². The molecule has 6 unspecified atom stereocenters. The first kappa shape index (κ1) is 42.1. The van der Waals surface area contributed by atoms with Gasteiger partial charge in [0.05, 0.1) is 53.7 Å². The molecule has 3 aromatic carbocycles. The number of fused-ring (bicyclic) bond motifs is 4. The number of nitrogens with zero attached hydrogens (tertiary/aromatic N) is 3. The summed E-state index contributed by atoms with van der Waals surface area (Å²) in [6.45, 7) is 0. The van der Waals surface area contributed by atoms with Gasteiger partial charge in [-0.05, 0) is 72.4 Å². The number of halogens is 5. The van der Waals surface area contributed by atoms with Gasteiger partial charge in [0.15, 0.2) is 17.3 Å². The van der Waals surface area contributed by atoms with Crippen molar-refractivity contribution in [3.8, 4) is 23.0 Å². The number of amides is 4. The van der Waals surface area contributed by atoms with E-state index in [2.05, 4.69) is 10.4 Å². The number of allylic oxidation sites excluding steroid dienone is 3. The highest BCUT2D eigenvalue weighted by Crippen LogP contribution is 2.62. The first-order valence-electron chi connectivity index (χ1n) is 18.8. The van der Waals surface area contributed by atoms with Crippen LogP contribution in [0.15, 0.2) is 84.6 Å². The van der Waals surface area contributed by atoms with Crippen LogP contribution in [0.4, 0.5) is 24.7 Å². The number of nitrogens with one attached hydrogen (secondary N) is 1. The van der Waals surface area contributed by atoms with E-state index in [1.54, 1.807) is 30.4 Å². The number of carbonyl (C=O) groups is 5. The number of imide groups is 2. The van der Waals surface area contributed by atoms with Crippen LogP contribution in [0.3, 0.4) is 0 Å². The van der Waals surface area contributed by atoms with Gasteiger partial charge in [-0.1, -0.05) is 59.1 Å². The Morgan fingerprint density at radius 2 is 1.61 bits per heavy atom. The summed E-state index contributed by atoms with van der Waals surface area (Å²) in [6, 6.07) is 13.1. The molecule has 4 aromatic rings. The highest BCUT2D eigenvalue weighted by molar-refractivity contribution is 6.33. The number of phenols is 2. The number of aromatic hydroxyl groups is 2. The molecule has 3 heterocycles. The number of carbonyl (C=O) groups excluding carboxylic acids is 4. The zero-order valence-electron chi connectivity index (χ0n) is 32.3. The number of aromatic nitrogens is 1. The Morgan fingerprint density at radius 1 is 0.935 bits per heavy atom. The molecule has 4 N–H and O–H groups in total. The molecule has 0 bridgehead atoms. The van der Waals surface area contributed by atoms with Crippen LogP contribution in [-0.2, 0) is 30.8 Å². The maximum absolute atomic E-state index is 15.4. The largest absolute Gasteiger partial charge is 0.507 e. The number of phenolic OH excluding ortho intramolecular Hbond substituents is 1. The van der Waals surface area contributed by atoms with Gasteiger partial charge in [0.2, 0.25) is 17.6 Å². The maximum atomic E-state index is 15.4. The molecule has 320 valence electrons. The van der Waals surface area contributed by atoms with Gasteiger partial charge in [0, 0.05) is 23.2 Å². The van der Waals surface area contributed by atoms with Crippen LogP contribution in [0.2, 0.25) is 10.0 Å². The molecule has 0 spiro atoms. The maximum Gasteiger partial charge on any atom is 0.417 e. The van der Waals surface area contributed by atoms with Crippen molar-refractivity contribution in [3.05, 3.63) is 117 Å². The molecule has 19 heteroatoms. The average Bonchev–Trinajstić information content (AvgIpc) is 3.61. The van der Waals surface area contributed by atoms with E-state index in [4.69, 9.17) is 32.7 Å². The number of carboxylic acid groups (broad SMARTS) is 1. The Kier molecular flexibility index (Phi) is 10.5. The second-order valence-corrected chi connectivity index (χ2v) is 16.0. The predicted molar refractivity (Wildman–Crippen MR) is 215 cm³/mol. The van der Waals surface area contributed by atoms with Gasteiger partial charge in [0.25, 0.3) is 11.8 Å². The van der Waals surface area contributed by atoms with E-state index in [0.29, 0.717) is 39.0 Å². The number of pyridine rings is 1. The molecule has 4 amide bonds. The first-order valence-corrected chi connectivity index (χ1v) is 19.6. The number of hydrogen-bond donors (Lipinski definition) is 4. The summed E-state index contributed by atoms with van der Waals surface area (Å²) in [5, 5.41) is 31.0. The third-order valence-corrected chi connectivity index (χ3v) is 12.6. The summed E-state index contributed by atoms with van der Waals surface area (Å²) in [7, 11) is 2.68. The standard InChI is InChI=1S/C43H33Cl2F3N4O10/c1-61-32-13-19(14-33(62-2)35(32)54)3-12-28-24-10-11-26-34(39(57)51(37(26)55)23-8-9-25(40(58)59)31(53)16-23)27(24)17-29-38(56)52(41(60)42(28,29)20-4-6-22(44)7-5-20)50-36-30(45)15-21(18-49-36)43(46,47)48/h3-10,12-16,18,26-29,34,53-54H,11,17H2,1-2H3,(H,49,50)(H,58,59). The number of ether oxygens (including phenoxy) is 2. The summed E-state index contributed by atoms with van der Waals surface area (Å²) in [4.78, 5) is 75.2. The van der Waals surface area contributed by atoms with Crippen LogP contribution in [0.25, 0.3) is 6.08 Å². The smallest absolute Gasteiger partial charge is 0.417 e. The van der Waals surface area contributed by atoms with E-state index in [1.165, 1.54) is 44.6 Å². The number of aromatic carboxylic acids is 1.